The highest BCUT2D eigenvalue weighted by atomic mass is 32.2. The highest BCUT2D eigenvalue weighted by Gasteiger charge is 2.29. The van der Waals surface area contributed by atoms with Gasteiger partial charge < -0.3 is 10.4 Å². The Labute approximate surface area is 115 Å². The smallest absolute Gasteiger partial charge is 0.306 e. The van der Waals surface area contributed by atoms with Crippen molar-refractivity contribution in [3.05, 3.63) is 0 Å². The van der Waals surface area contributed by atoms with E-state index >= 15 is 0 Å². The molecule has 0 aromatic carbocycles. The molecule has 0 aromatic rings. The van der Waals surface area contributed by atoms with Crippen molar-refractivity contribution in [2.24, 2.45) is 5.92 Å². The van der Waals surface area contributed by atoms with Gasteiger partial charge in [0.25, 0.3) is 0 Å². The number of rotatable bonds is 7. The van der Waals surface area contributed by atoms with Gasteiger partial charge in [-0.1, -0.05) is 13.8 Å². The molecule has 0 saturated heterocycles. The SMILES string of the molecule is CCC(CC)(CNC1CCC(C(=O)O)CC1)SC. The summed E-state index contributed by atoms with van der Waals surface area (Å²) in [4.78, 5) is 10.9. The molecule has 4 heteroatoms. The number of aliphatic carboxylic acids is 1. The minimum atomic E-state index is -0.617. The van der Waals surface area contributed by atoms with Gasteiger partial charge in [0, 0.05) is 17.3 Å². The molecule has 0 bridgehead atoms. The standard InChI is InChI=1S/C14H27NO2S/c1-4-14(5-2,18-3)10-15-12-8-6-11(7-9-12)13(16)17/h11-12,15H,4-10H2,1-3H3,(H,16,17). The van der Waals surface area contributed by atoms with E-state index in [-0.39, 0.29) is 5.92 Å². The second kappa shape index (κ2) is 7.39. The average Bonchev–Trinajstić information content (AvgIpc) is 2.41. The van der Waals surface area contributed by atoms with Gasteiger partial charge in [-0.15, -0.1) is 0 Å². The Bertz CT molecular complexity index is 250. The summed E-state index contributed by atoms with van der Waals surface area (Å²) in [5.41, 5.74) is 0. The van der Waals surface area contributed by atoms with Crippen LogP contribution in [0.15, 0.2) is 0 Å². The van der Waals surface area contributed by atoms with Crippen molar-refractivity contribution in [3.63, 3.8) is 0 Å². The lowest BCUT2D eigenvalue weighted by molar-refractivity contribution is -0.142. The quantitative estimate of drug-likeness (QED) is 0.748. The fourth-order valence-corrected chi connectivity index (χ4v) is 3.54. The van der Waals surface area contributed by atoms with Gasteiger partial charge in [-0.2, -0.15) is 11.8 Å². The van der Waals surface area contributed by atoms with Crippen LogP contribution in [0.3, 0.4) is 0 Å². The van der Waals surface area contributed by atoms with Crippen molar-refractivity contribution in [1.29, 1.82) is 0 Å². The Kier molecular flexibility index (Phi) is 6.50. The highest BCUT2D eigenvalue weighted by molar-refractivity contribution is 8.00. The Balaban J connectivity index is 2.35. The maximum atomic E-state index is 10.9. The summed E-state index contributed by atoms with van der Waals surface area (Å²) in [6.07, 6.45) is 8.24. The molecular formula is C14H27NO2S. The van der Waals surface area contributed by atoms with Gasteiger partial charge >= 0.3 is 5.97 Å². The minimum Gasteiger partial charge on any atom is -0.481 e. The van der Waals surface area contributed by atoms with Gasteiger partial charge in [-0.3, -0.25) is 4.79 Å². The predicted octanol–water partition coefficient (Wildman–Crippen LogP) is 3.14. The third-order valence-electron chi connectivity index (χ3n) is 4.51. The number of thioether (sulfide) groups is 1. The van der Waals surface area contributed by atoms with Gasteiger partial charge in [0.15, 0.2) is 0 Å². The molecule has 0 unspecified atom stereocenters. The zero-order valence-electron chi connectivity index (χ0n) is 11.9. The molecule has 1 rings (SSSR count). The summed E-state index contributed by atoms with van der Waals surface area (Å²) in [7, 11) is 0. The van der Waals surface area contributed by atoms with Gasteiger partial charge in [0.05, 0.1) is 5.92 Å². The number of nitrogens with one attached hydrogen (secondary N) is 1. The molecule has 3 nitrogen and oxygen atoms in total. The maximum absolute atomic E-state index is 10.9. The molecule has 0 radical (unpaired) electrons. The molecule has 0 spiro atoms. The van der Waals surface area contributed by atoms with Crippen molar-refractivity contribution in [2.45, 2.75) is 63.2 Å². The minimum absolute atomic E-state index is 0.106. The second-order valence-corrected chi connectivity index (χ2v) is 6.64. The van der Waals surface area contributed by atoms with E-state index in [4.69, 9.17) is 5.11 Å². The lowest BCUT2D eigenvalue weighted by Crippen LogP contribution is -2.43. The number of carbonyl (C=O) groups is 1. The number of carboxylic acids is 1. The van der Waals surface area contributed by atoms with E-state index in [2.05, 4.69) is 25.4 Å². The van der Waals surface area contributed by atoms with E-state index < -0.39 is 5.97 Å². The topological polar surface area (TPSA) is 49.3 Å². The second-order valence-electron chi connectivity index (χ2n) is 5.36. The fraction of sp³-hybridized carbons (Fsp3) is 0.929. The molecule has 1 aliphatic carbocycles. The lowest BCUT2D eigenvalue weighted by Gasteiger charge is -2.34. The van der Waals surface area contributed by atoms with E-state index in [1.807, 2.05) is 11.8 Å². The molecule has 1 saturated carbocycles. The van der Waals surface area contributed by atoms with E-state index in [9.17, 15) is 4.79 Å². The predicted molar refractivity (Wildman–Crippen MR) is 78.2 cm³/mol. The van der Waals surface area contributed by atoms with Crippen LogP contribution in [-0.4, -0.2) is 34.7 Å². The Hall–Kier alpha value is -0.220. The monoisotopic (exact) mass is 273 g/mol. The average molecular weight is 273 g/mol. The molecule has 18 heavy (non-hydrogen) atoms. The lowest BCUT2D eigenvalue weighted by atomic mass is 9.86. The summed E-state index contributed by atoms with van der Waals surface area (Å²) in [5, 5.41) is 12.6. The van der Waals surface area contributed by atoms with Crippen LogP contribution in [0, 0.1) is 5.92 Å². The van der Waals surface area contributed by atoms with E-state index in [1.54, 1.807) is 0 Å². The number of hydrogen-bond donors (Lipinski definition) is 2. The summed E-state index contributed by atoms with van der Waals surface area (Å²) >= 11 is 1.95. The maximum Gasteiger partial charge on any atom is 0.306 e. The number of carboxylic acid groups (broad SMARTS) is 1. The fourth-order valence-electron chi connectivity index (χ4n) is 2.74. The first-order valence-electron chi connectivity index (χ1n) is 7.08. The Morgan fingerprint density at radius 3 is 2.22 bits per heavy atom. The summed E-state index contributed by atoms with van der Waals surface area (Å²) < 4.78 is 0.351. The molecule has 106 valence electrons. The number of hydrogen-bond acceptors (Lipinski definition) is 3. The van der Waals surface area contributed by atoms with E-state index in [0.29, 0.717) is 10.8 Å². The first-order chi connectivity index (χ1) is 8.56. The van der Waals surface area contributed by atoms with Crippen molar-refractivity contribution >= 4 is 17.7 Å². The zero-order valence-corrected chi connectivity index (χ0v) is 12.7. The van der Waals surface area contributed by atoms with Gasteiger partial charge in [-0.05, 0) is 44.8 Å². The van der Waals surface area contributed by atoms with E-state index in [0.717, 1.165) is 32.2 Å². The summed E-state index contributed by atoms with van der Waals surface area (Å²) in [6.45, 7) is 5.55. The van der Waals surface area contributed by atoms with Crippen LogP contribution >= 0.6 is 11.8 Å². The molecule has 0 aliphatic heterocycles. The Morgan fingerprint density at radius 1 is 1.28 bits per heavy atom. The molecular weight excluding hydrogens is 246 g/mol. The van der Waals surface area contributed by atoms with Gasteiger partial charge in [0.1, 0.15) is 0 Å². The van der Waals surface area contributed by atoms with Crippen molar-refractivity contribution in [2.75, 3.05) is 12.8 Å². The van der Waals surface area contributed by atoms with Crippen LogP contribution in [0.5, 0.6) is 0 Å². The van der Waals surface area contributed by atoms with Crippen molar-refractivity contribution in [3.8, 4) is 0 Å². The molecule has 0 heterocycles. The molecule has 0 atom stereocenters. The van der Waals surface area contributed by atoms with Crippen molar-refractivity contribution < 1.29 is 9.90 Å². The van der Waals surface area contributed by atoms with Crippen LogP contribution in [0.2, 0.25) is 0 Å². The van der Waals surface area contributed by atoms with Crippen LogP contribution in [0.1, 0.15) is 52.4 Å². The molecule has 1 aliphatic rings. The molecule has 0 aromatic heterocycles. The third kappa shape index (κ3) is 4.16. The van der Waals surface area contributed by atoms with Gasteiger partial charge in [0.2, 0.25) is 0 Å². The van der Waals surface area contributed by atoms with Crippen LogP contribution in [0.4, 0.5) is 0 Å². The largest absolute Gasteiger partial charge is 0.481 e. The third-order valence-corrected chi connectivity index (χ3v) is 6.10. The normalized spacial score (nSPS) is 25.1. The first kappa shape index (κ1) is 15.8. The first-order valence-corrected chi connectivity index (χ1v) is 8.30. The Morgan fingerprint density at radius 2 is 1.83 bits per heavy atom. The highest BCUT2D eigenvalue weighted by Crippen LogP contribution is 2.31. The van der Waals surface area contributed by atoms with Crippen molar-refractivity contribution in [1.82, 2.24) is 5.32 Å². The van der Waals surface area contributed by atoms with Gasteiger partial charge in [-0.25, -0.2) is 0 Å². The molecule has 0 amide bonds. The van der Waals surface area contributed by atoms with Crippen LogP contribution in [-0.2, 0) is 4.79 Å². The summed E-state index contributed by atoms with van der Waals surface area (Å²) in [6, 6.07) is 0.519. The zero-order chi connectivity index (χ0) is 13.6. The van der Waals surface area contributed by atoms with E-state index in [1.165, 1.54) is 12.8 Å². The molecule has 2 N–H and O–H groups in total. The summed E-state index contributed by atoms with van der Waals surface area (Å²) in [5.74, 6) is -0.722. The molecule has 1 fully saturated rings. The van der Waals surface area contributed by atoms with Crippen LogP contribution in [0.25, 0.3) is 0 Å². The van der Waals surface area contributed by atoms with Crippen LogP contribution < -0.4 is 5.32 Å².